The second kappa shape index (κ2) is 10.3. The van der Waals surface area contributed by atoms with Gasteiger partial charge in [-0.25, -0.2) is 0 Å². The number of benzene rings is 1. The highest BCUT2D eigenvalue weighted by atomic mass is 19.3. The monoisotopic (exact) mass is 486 g/mol. The van der Waals surface area contributed by atoms with Crippen molar-refractivity contribution in [2.24, 2.45) is 5.92 Å². The van der Waals surface area contributed by atoms with Gasteiger partial charge in [0, 0.05) is 23.8 Å². The molecule has 4 rings (SSSR count). The van der Waals surface area contributed by atoms with Gasteiger partial charge in [0.2, 0.25) is 0 Å². The molecule has 6 heteroatoms. The maximum atomic E-state index is 13.5. The Morgan fingerprint density at radius 1 is 1.06 bits per heavy atom. The van der Waals surface area contributed by atoms with E-state index in [4.69, 9.17) is 4.74 Å². The van der Waals surface area contributed by atoms with Gasteiger partial charge in [0.25, 0.3) is 5.91 Å². The molecule has 1 heterocycles. The molecule has 4 nitrogen and oxygen atoms in total. The summed E-state index contributed by atoms with van der Waals surface area (Å²) in [5.74, 6) is 0.639. The van der Waals surface area contributed by atoms with E-state index in [-0.39, 0.29) is 23.1 Å². The molecule has 0 unspecified atom stereocenters. The molecule has 0 atom stereocenters. The lowest BCUT2D eigenvalue weighted by atomic mass is 9.84. The summed E-state index contributed by atoms with van der Waals surface area (Å²) < 4.78 is 34.3. The van der Waals surface area contributed by atoms with E-state index in [1.165, 1.54) is 19.3 Å². The van der Waals surface area contributed by atoms with Crippen LogP contribution in [0.4, 0.5) is 8.78 Å². The molecule has 0 aliphatic heterocycles. The first-order chi connectivity index (χ1) is 16.5. The number of aromatic nitrogens is 1. The van der Waals surface area contributed by atoms with Crippen LogP contribution < -0.4 is 10.1 Å². The van der Waals surface area contributed by atoms with Crippen molar-refractivity contribution in [2.45, 2.75) is 111 Å². The minimum Gasteiger partial charge on any atom is -0.434 e. The van der Waals surface area contributed by atoms with Crippen LogP contribution in [0, 0.1) is 19.8 Å². The molecule has 0 spiro atoms. The van der Waals surface area contributed by atoms with Crippen LogP contribution in [-0.4, -0.2) is 23.1 Å². The summed E-state index contributed by atoms with van der Waals surface area (Å²) in [6, 6.07) is 6.04. The molecular weight excluding hydrogens is 446 g/mol. The number of rotatable bonds is 7. The van der Waals surface area contributed by atoms with Crippen LogP contribution in [0.5, 0.6) is 5.75 Å². The molecule has 2 aromatic rings. The quantitative estimate of drug-likeness (QED) is 0.439. The van der Waals surface area contributed by atoms with Gasteiger partial charge in [0.15, 0.2) is 0 Å². The predicted molar refractivity (Wildman–Crippen MR) is 136 cm³/mol. The van der Waals surface area contributed by atoms with E-state index >= 15 is 0 Å². The Labute approximate surface area is 208 Å². The summed E-state index contributed by atoms with van der Waals surface area (Å²) in [4.78, 5) is 13.2. The zero-order valence-corrected chi connectivity index (χ0v) is 21.8. The van der Waals surface area contributed by atoms with E-state index in [9.17, 15) is 13.6 Å². The minimum atomic E-state index is -2.92. The number of hydrogen-bond acceptors (Lipinski definition) is 2. The number of amides is 1. The van der Waals surface area contributed by atoms with Gasteiger partial charge in [-0.1, -0.05) is 46.1 Å². The minimum absolute atomic E-state index is 0.0733. The zero-order valence-electron chi connectivity index (χ0n) is 21.8. The average Bonchev–Trinajstić information content (AvgIpc) is 3.08. The maximum absolute atomic E-state index is 13.5. The molecule has 35 heavy (non-hydrogen) atoms. The van der Waals surface area contributed by atoms with E-state index in [0.29, 0.717) is 22.6 Å². The highest BCUT2D eigenvalue weighted by Gasteiger charge is 2.28. The lowest BCUT2D eigenvalue weighted by Gasteiger charge is -2.27. The molecule has 0 saturated heterocycles. The van der Waals surface area contributed by atoms with Crippen molar-refractivity contribution in [2.75, 3.05) is 0 Å². The van der Waals surface area contributed by atoms with Crippen molar-refractivity contribution in [1.82, 2.24) is 9.88 Å². The number of carbonyl (C=O) groups is 1. The van der Waals surface area contributed by atoms with Gasteiger partial charge in [-0.15, -0.1) is 0 Å². The van der Waals surface area contributed by atoms with Crippen molar-refractivity contribution < 1.29 is 18.3 Å². The fourth-order valence-electron chi connectivity index (χ4n) is 5.42. The number of ether oxygens (including phenoxy) is 1. The molecule has 0 bridgehead atoms. The van der Waals surface area contributed by atoms with E-state index in [1.54, 1.807) is 0 Å². The molecule has 0 radical (unpaired) electrons. The van der Waals surface area contributed by atoms with Crippen molar-refractivity contribution in [3.8, 4) is 17.0 Å². The Morgan fingerprint density at radius 2 is 1.74 bits per heavy atom. The van der Waals surface area contributed by atoms with Crippen molar-refractivity contribution in [1.29, 1.82) is 0 Å². The Balaban J connectivity index is 1.85. The van der Waals surface area contributed by atoms with Crippen molar-refractivity contribution in [3.63, 3.8) is 0 Å². The summed E-state index contributed by atoms with van der Waals surface area (Å²) in [6.45, 7) is 8.01. The molecule has 2 saturated carbocycles. The number of carbonyl (C=O) groups excluding carboxylic acids is 1. The van der Waals surface area contributed by atoms with E-state index in [0.717, 1.165) is 55.6 Å². The Hall–Kier alpha value is -2.37. The molecular formula is C29H40F2N2O2. The van der Waals surface area contributed by atoms with Crippen LogP contribution in [0.2, 0.25) is 0 Å². The van der Waals surface area contributed by atoms with Gasteiger partial charge in [0.05, 0.1) is 11.3 Å². The normalized spacial score (nSPS) is 17.5. The lowest BCUT2D eigenvalue weighted by Crippen LogP contribution is -2.39. The summed E-state index contributed by atoms with van der Waals surface area (Å²) >= 11 is 0. The number of alkyl halides is 2. The second-order valence-corrected chi connectivity index (χ2v) is 11.5. The van der Waals surface area contributed by atoms with Crippen LogP contribution in [0.15, 0.2) is 18.2 Å². The first-order valence-electron chi connectivity index (χ1n) is 13.2. The topological polar surface area (TPSA) is 43.3 Å². The van der Waals surface area contributed by atoms with Crippen molar-refractivity contribution >= 4 is 5.91 Å². The van der Waals surface area contributed by atoms with Gasteiger partial charge >= 0.3 is 6.61 Å². The molecule has 192 valence electrons. The van der Waals surface area contributed by atoms with Crippen LogP contribution >= 0.6 is 0 Å². The van der Waals surface area contributed by atoms with Crippen molar-refractivity contribution in [3.05, 3.63) is 40.6 Å². The molecule has 2 aliphatic rings. The Morgan fingerprint density at radius 3 is 2.31 bits per heavy atom. The first kappa shape index (κ1) is 25.7. The van der Waals surface area contributed by atoms with Gasteiger partial charge in [-0.3, -0.25) is 4.79 Å². The van der Waals surface area contributed by atoms with E-state index < -0.39 is 6.61 Å². The second-order valence-electron chi connectivity index (χ2n) is 11.5. The third-order valence-electron chi connectivity index (χ3n) is 7.84. The molecule has 1 aromatic carbocycles. The number of nitrogens with one attached hydrogen (secondary N) is 1. The fourth-order valence-corrected chi connectivity index (χ4v) is 5.42. The van der Waals surface area contributed by atoms with Crippen LogP contribution in [0.25, 0.3) is 11.3 Å². The highest BCUT2D eigenvalue weighted by molar-refractivity contribution is 5.97. The smallest absolute Gasteiger partial charge is 0.387 e. The third-order valence-corrected chi connectivity index (χ3v) is 7.84. The average molecular weight is 487 g/mol. The summed E-state index contributed by atoms with van der Waals surface area (Å²) in [7, 11) is 0. The van der Waals surface area contributed by atoms with Gasteiger partial charge in [-0.2, -0.15) is 8.78 Å². The van der Waals surface area contributed by atoms with Crippen LogP contribution in [-0.2, 0) is 12.0 Å². The first-order valence-corrected chi connectivity index (χ1v) is 13.2. The molecule has 1 N–H and O–H groups in total. The third kappa shape index (κ3) is 5.73. The number of hydrogen-bond donors (Lipinski definition) is 1. The summed E-state index contributed by atoms with van der Waals surface area (Å²) in [6.07, 6.45) is 9.18. The van der Waals surface area contributed by atoms with E-state index in [2.05, 4.69) is 30.7 Å². The molecule has 1 amide bonds. The van der Waals surface area contributed by atoms with Gasteiger partial charge < -0.3 is 14.6 Å². The SMILES string of the molecule is Cc1cc(C(C)(C)C)cc(-c2cc(C(=O)NC3CCC3)c(C)n2CC2CCCCC2)c1OC(F)F. The largest absolute Gasteiger partial charge is 0.434 e. The van der Waals surface area contributed by atoms with E-state index in [1.807, 2.05) is 32.0 Å². The zero-order chi connectivity index (χ0) is 25.3. The number of nitrogens with zero attached hydrogens (tertiary/aromatic N) is 1. The predicted octanol–water partition coefficient (Wildman–Crippen LogP) is 7.53. The van der Waals surface area contributed by atoms with Crippen LogP contribution in [0.1, 0.15) is 99.3 Å². The highest BCUT2D eigenvalue weighted by Crippen LogP contribution is 2.41. The number of aryl methyl sites for hydroxylation is 1. The van der Waals surface area contributed by atoms with Gasteiger partial charge in [-0.05, 0) is 80.5 Å². The summed E-state index contributed by atoms with van der Waals surface area (Å²) in [5.41, 5.74) is 4.51. The fraction of sp³-hybridized carbons (Fsp3) is 0.621. The maximum Gasteiger partial charge on any atom is 0.387 e. The Kier molecular flexibility index (Phi) is 7.58. The van der Waals surface area contributed by atoms with Crippen LogP contribution in [0.3, 0.4) is 0 Å². The molecule has 2 aliphatic carbocycles. The molecule has 1 aromatic heterocycles. The number of halogens is 2. The molecule has 2 fully saturated rings. The standard InChI is InChI=1S/C29H40F2N2O2/c1-18-14-21(29(3,4)5)15-24(26(18)35-28(30)31)25-16-23(27(34)32-22-12-9-13-22)19(2)33(25)17-20-10-7-6-8-11-20/h14-16,20,22,28H,6-13,17H2,1-5H3,(H,32,34). The van der Waals surface area contributed by atoms with Gasteiger partial charge in [0.1, 0.15) is 5.75 Å². The summed E-state index contributed by atoms with van der Waals surface area (Å²) in [5, 5.41) is 3.16. The lowest BCUT2D eigenvalue weighted by molar-refractivity contribution is -0.0499. The Bertz CT molecular complexity index is 1060.